The Morgan fingerprint density at radius 3 is 2.19 bits per heavy atom. The van der Waals surface area contributed by atoms with E-state index in [4.69, 9.17) is 0 Å². The molecule has 104 valence electrons. The van der Waals surface area contributed by atoms with Crippen molar-refractivity contribution in [3.63, 3.8) is 0 Å². The molecule has 0 aliphatic carbocycles. The third-order valence-electron chi connectivity index (χ3n) is 4.48. The maximum Gasteiger partial charge on any atom is 0.0458 e. The number of hydrogen-bond donors (Lipinski definition) is 0. The number of fused-ring (bicyclic) bond motifs is 2. The summed E-state index contributed by atoms with van der Waals surface area (Å²) in [6, 6.07) is 20.2. The fraction of sp³-hybridized carbons (Fsp3) is 0.200. The Bertz CT molecular complexity index is 875. The normalized spacial score (nSPS) is 21.9. The molecule has 0 fully saturated rings. The van der Waals surface area contributed by atoms with E-state index in [1.54, 1.807) is 0 Å². The molecule has 0 saturated carbocycles. The molecule has 1 aliphatic rings. The van der Waals surface area contributed by atoms with Gasteiger partial charge in [0.05, 0.1) is 0 Å². The van der Waals surface area contributed by atoms with Crippen LogP contribution in [0.15, 0.2) is 65.6 Å². The van der Waals surface area contributed by atoms with Gasteiger partial charge in [0, 0.05) is 4.75 Å². The summed E-state index contributed by atoms with van der Waals surface area (Å²) in [4.78, 5) is 1.44. The van der Waals surface area contributed by atoms with Crippen LogP contribution in [0.3, 0.4) is 0 Å². The van der Waals surface area contributed by atoms with Crippen molar-refractivity contribution in [2.75, 3.05) is 0 Å². The molecule has 0 radical (unpaired) electrons. The fourth-order valence-electron chi connectivity index (χ4n) is 3.22. The second kappa shape index (κ2) is 4.64. The summed E-state index contributed by atoms with van der Waals surface area (Å²) < 4.78 is 0.198. The first-order valence-electron chi connectivity index (χ1n) is 7.43. The van der Waals surface area contributed by atoms with E-state index in [1.807, 2.05) is 11.8 Å². The van der Waals surface area contributed by atoms with Crippen molar-refractivity contribution in [2.24, 2.45) is 0 Å². The fourth-order valence-corrected chi connectivity index (χ4v) is 4.51. The van der Waals surface area contributed by atoms with Gasteiger partial charge in [-0.25, -0.2) is 0 Å². The highest BCUT2D eigenvalue weighted by Crippen LogP contribution is 2.49. The third kappa shape index (κ3) is 2.16. The standard InChI is InChI=1S/C20H18S/c1-14-9-10-20(2,21-14)19-8-7-17-11-15-5-3-4-6-16(15)12-18(17)13-19/h3-9,11-13H,10H2,1-2H3. The van der Waals surface area contributed by atoms with Crippen molar-refractivity contribution >= 4 is 33.3 Å². The lowest BCUT2D eigenvalue weighted by Crippen LogP contribution is -2.12. The highest BCUT2D eigenvalue weighted by Gasteiger charge is 2.31. The summed E-state index contributed by atoms with van der Waals surface area (Å²) in [6.07, 6.45) is 3.48. The van der Waals surface area contributed by atoms with Crippen LogP contribution >= 0.6 is 11.8 Å². The zero-order chi connectivity index (χ0) is 14.4. The number of benzene rings is 3. The van der Waals surface area contributed by atoms with Gasteiger partial charge in [0.2, 0.25) is 0 Å². The molecule has 1 unspecified atom stereocenters. The van der Waals surface area contributed by atoms with Crippen LogP contribution in [0.5, 0.6) is 0 Å². The molecular weight excluding hydrogens is 272 g/mol. The van der Waals surface area contributed by atoms with Crippen LogP contribution in [0.25, 0.3) is 21.5 Å². The minimum atomic E-state index is 0.198. The summed E-state index contributed by atoms with van der Waals surface area (Å²) in [5, 5.41) is 5.31. The maximum atomic E-state index is 2.38. The second-order valence-electron chi connectivity index (χ2n) is 6.11. The number of rotatable bonds is 1. The second-order valence-corrected chi connectivity index (χ2v) is 7.86. The Morgan fingerprint density at radius 1 is 0.857 bits per heavy atom. The van der Waals surface area contributed by atoms with E-state index in [0.29, 0.717) is 0 Å². The minimum absolute atomic E-state index is 0.198. The van der Waals surface area contributed by atoms with Gasteiger partial charge < -0.3 is 0 Å². The van der Waals surface area contributed by atoms with Crippen LogP contribution < -0.4 is 0 Å². The SMILES string of the molecule is CC1=CCC(C)(c2ccc3cc4ccccc4cc3c2)S1. The molecular formula is C20H18S. The smallest absolute Gasteiger partial charge is 0.0458 e. The van der Waals surface area contributed by atoms with Gasteiger partial charge in [-0.05, 0) is 70.5 Å². The van der Waals surface area contributed by atoms with Gasteiger partial charge in [0.1, 0.15) is 0 Å². The molecule has 21 heavy (non-hydrogen) atoms. The monoisotopic (exact) mass is 290 g/mol. The lowest BCUT2D eigenvalue weighted by Gasteiger charge is -2.24. The largest absolute Gasteiger partial charge is 0.120 e. The lowest BCUT2D eigenvalue weighted by atomic mass is 9.93. The Morgan fingerprint density at radius 2 is 1.52 bits per heavy atom. The highest BCUT2D eigenvalue weighted by molar-refractivity contribution is 8.04. The lowest BCUT2D eigenvalue weighted by molar-refractivity contribution is 0.720. The summed E-state index contributed by atoms with van der Waals surface area (Å²) in [6.45, 7) is 4.57. The molecule has 0 bridgehead atoms. The molecule has 3 aromatic carbocycles. The topological polar surface area (TPSA) is 0 Å². The first-order chi connectivity index (χ1) is 10.1. The van der Waals surface area contributed by atoms with E-state index in [-0.39, 0.29) is 4.75 Å². The van der Waals surface area contributed by atoms with E-state index >= 15 is 0 Å². The predicted molar refractivity (Wildman–Crippen MR) is 94.8 cm³/mol. The zero-order valence-corrected chi connectivity index (χ0v) is 13.2. The molecule has 3 aromatic rings. The average Bonchev–Trinajstić information content (AvgIpc) is 2.85. The predicted octanol–water partition coefficient (Wildman–Crippen LogP) is 6.25. The Balaban J connectivity index is 1.88. The molecule has 0 spiro atoms. The molecule has 1 heterocycles. The van der Waals surface area contributed by atoms with Gasteiger partial charge in [0.25, 0.3) is 0 Å². The molecule has 1 atom stereocenters. The van der Waals surface area contributed by atoms with Gasteiger partial charge in [-0.3, -0.25) is 0 Å². The van der Waals surface area contributed by atoms with E-state index in [0.717, 1.165) is 6.42 Å². The maximum absolute atomic E-state index is 2.38. The summed E-state index contributed by atoms with van der Waals surface area (Å²) in [7, 11) is 0. The van der Waals surface area contributed by atoms with E-state index < -0.39 is 0 Å². The van der Waals surface area contributed by atoms with E-state index in [2.05, 4.69) is 74.5 Å². The summed E-state index contributed by atoms with van der Waals surface area (Å²) in [5.74, 6) is 0. The molecule has 0 nitrogen and oxygen atoms in total. The number of allylic oxidation sites excluding steroid dienone is 2. The van der Waals surface area contributed by atoms with Crippen LogP contribution in [0.2, 0.25) is 0 Å². The van der Waals surface area contributed by atoms with Crippen LogP contribution in [0.1, 0.15) is 25.8 Å². The van der Waals surface area contributed by atoms with E-state index in [1.165, 1.54) is 32.0 Å². The van der Waals surface area contributed by atoms with E-state index in [9.17, 15) is 0 Å². The van der Waals surface area contributed by atoms with Crippen LogP contribution in [-0.2, 0) is 4.75 Å². The quantitative estimate of drug-likeness (QED) is 0.477. The van der Waals surface area contributed by atoms with Crippen LogP contribution in [0, 0.1) is 0 Å². The summed E-state index contributed by atoms with van der Waals surface area (Å²) >= 11 is 1.99. The van der Waals surface area contributed by atoms with Crippen molar-refractivity contribution in [1.82, 2.24) is 0 Å². The summed E-state index contributed by atoms with van der Waals surface area (Å²) in [5.41, 5.74) is 1.43. The first-order valence-corrected chi connectivity index (χ1v) is 8.25. The minimum Gasteiger partial charge on any atom is -0.120 e. The van der Waals surface area contributed by atoms with Crippen LogP contribution in [-0.4, -0.2) is 0 Å². The highest BCUT2D eigenvalue weighted by atomic mass is 32.2. The molecule has 1 aliphatic heterocycles. The van der Waals surface area contributed by atoms with Crippen LogP contribution in [0.4, 0.5) is 0 Å². The Kier molecular flexibility index (Phi) is 2.87. The molecule has 4 rings (SSSR count). The zero-order valence-electron chi connectivity index (χ0n) is 12.4. The molecule has 0 N–H and O–H groups in total. The van der Waals surface area contributed by atoms with Gasteiger partial charge >= 0.3 is 0 Å². The molecule has 0 aromatic heterocycles. The number of hydrogen-bond acceptors (Lipinski definition) is 1. The van der Waals surface area contributed by atoms with Gasteiger partial charge in [0.15, 0.2) is 0 Å². The van der Waals surface area contributed by atoms with Crippen molar-refractivity contribution < 1.29 is 0 Å². The van der Waals surface area contributed by atoms with Gasteiger partial charge in [-0.2, -0.15) is 0 Å². The van der Waals surface area contributed by atoms with Crippen molar-refractivity contribution in [3.8, 4) is 0 Å². The third-order valence-corrected chi connectivity index (χ3v) is 5.82. The number of thioether (sulfide) groups is 1. The van der Waals surface area contributed by atoms with Crippen molar-refractivity contribution in [3.05, 3.63) is 71.1 Å². The molecule has 0 saturated heterocycles. The van der Waals surface area contributed by atoms with Crippen molar-refractivity contribution in [2.45, 2.75) is 25.0 Å². The molecule has 1 heteroatoms. The Labute approximate surface area is 129 Å². The first kappa shape index (κ1) is 13.0. The van der Waals surface area contributed by atoms with Crippen molar-refractivity contribution in [1.29, 1.82) is 0 Å². The Hall–Kier alpha value is -1.73. The average molecular weight is 290 g/mol. The molecule has 0 amide bonds. The van der Waals surface area contributed by atoms with Gasteiger partial charge in [-0.15, -0.1) is 11.8 Å². The van der Waals surface area contributed by atoms with Gasteiger partial charge in [-0.1, -0.05) is 42.5 Å².